The van der Waals surface area contributed by atoms with Gasteiger partial charge in [0.25, 0.3) is 0 Å². The molecule has 1 aromatic carbocycles. The molecule has 1 N–H and O–H groups in total. The first-order valence-electron chi connectivity index (χ1n) is 6.14. The summed E-state index contributed by atoms with van der Waals surface area (Å²) in [4.78, 5) is 0. The molecule has 0 aliphatic carbocycles. The van der Waals surface area contributed by atoms with Gasteiger partial charge in [0, 0.05) is 11.4 Å². The predicted molar refractivity (Wildman–Crippen MR) is 73.7 cm³/mol. The zero-order valence-electron chi connectivity index (χ0n) is 11.3. The van der Waals surface area contributed by atoms with Crippen LogP contribution in [0, 0.1) is 29.6 Å². The van der Waals surface area contributed by atoms with E-state index in [0.29, 0.717) is 11.1 Å². The highest BCUT2D eigenvalue weighted by atomic mass is 14.9. The molecule has 0 saturated heterocycles. The maximum absolute atomic E-state index is 9.40. The van der Waals surface area contributed by atoms with Crippen LogP contribution < -0.4 is 5.32 Å². The lowest BCUT2D eigenvalue weighted by Crippen LogP contribution is -2.23. The van der Waals surface area contributed by atoms with Crippen molar-refractivity contribution in [3.05, 3.63) is 57.9 Å². The van der Waals surface area contributed by atoms with Crippen molar-refractivity contribution in [2.45, 2.75) is 26.7 Å². The van der Waals surface area contributed by atoms with Crippen LogP contribution in [0.5, 0.6) is 0 Å². The van der Waals surface area contributed by atoms with Crippen molar-refractivity contribution >= 4 is 0 Å². The Morgan fingerprint density at radius 1 is 0.947 bits per heavy atom. The third-order valence-electron chi connectivity index (χ3n) is 3.50. The first-order chi connectivity index (χ1) is 9.10. The molecule has 19 heavy (non-hydrogen) atoms. The topological polar surface area (TPSA) is 59.6 Å². The van der Waals surface area contributed by atoms with Crippen molar-refractivity contribution < 1.29 is 0 Å². The molecule has 1 heterocycles. The van der Waals surface area contributed by atoms with Crippen LogP contribution in [-0.4, -0.2) is 0 Å². The molecule has 0 bridgehead atoms. The Kier molecular flexibility index (Phi) is 3.40. The molecule has 1 aromatic rings. The number of nitrogens with one attached hydrogen (secondary N) is 1. The number of nitriles is 2. The maximum Gasteiger partial charge on any atom is 0.0975 e. The van der Waals surface area contributed by atoms with Gasteiger partial charge in [-0.05, 0) is 31.9 Å². The standard InChI is InChI=1S/C16H15N3/c1-10-6-4-5-7-13(10)16-14(8-17)11(2)19-12(3)15(16)9-18/h4-7,16,19H,1-3H3. The summed E-state index contributed by atoms with van der Waals surface area (Å²) in [6.07, 6.45) is 0. The van der Waals surface area contributed by atoms with E-state index in [0.717, 1.165) is 22.5 Å². The molecular formula is C16H15N3. The monoisotopic (exact) mass is 249 g/mol. The molecule has 0 radical (unpaired) electrons. The first-order valence-corrected chi connectivity index (χ1v) is 6.14. The van der Waals surface area contributed by atoms with Gasteiger partial charge in [-0.25, -0.2) is 0 Å². The van der Waals surface area contributed by atoms with Crippen molar-refractivity contribution in [3.8, 4) is 12.1 Å². The number of hydrogen-bond donors (Lipinski definition) is 1. The van der Waals surface area contributed by atoms with Crippen LogP contribution in [0.15, 0.2) is 46.8 Å². The number of aryl methyl sites for hydroxylation is 1. The fraction of sp³-hybridized carbons (Fsp3) is 0.250. The zero-order valence-corrected chi connectivity index (χ0v) is 11.3. The minimum atomic E-state index is -0.252. The van der Waals surface area contributed by atoms with E-state index < -0.39 is 0 Å². The van der Waals surface area contributed by atoms with Crippen molar-refractivity contribution in [1.29, 1.82) is 10.5 Å². The molecule has 0 aromatic heterocycles. The Labute approximate surface area is 113 Å². The Hall–Kier alpha value is -2.52. The van der Waals surface area contributed by atoms with Gasteiger partial charge in [0.15, 0.2) is 0 Å². The van der Waals surface area contributed by atoms with Gasteiger partial charge in [0.05, 0.1) is 29.2 Å². The van der Waals surface area contributed by atoms with Crippen molar-refractivity contribution in [3.63, 3.8) is 0 Å². The van der Waals surface area contributed by atoms with Crippen LogP contribution in [0.3, 0.4) is 0 Å². The van der Waals surface area contributed by atoms with E-state index in [2.05, 4.69) is 17.5 Å². The lowest BCUT2D eigenvalue weighted by molar-refractivity contribution is 0.810. The molecule has 0 fully saturated rings. The highest BCUT2D eigenvalue weighted by molar-refractivity contribution is 5.56. The number of allylic oxidation sites excluding steroid dienone is 4. The van der Waals surface area contributed by atoms with Crippen molar-refractivity contribution in [1.82, 2.24) is 5.32 Å². The maximum atomic E-state index is 9.40. The van der Waals surface area contributed by atoms with Crippen LogP contribution in [-0.2, 0) is 0 Å². The molecule has 0 amide bonds. The van der Waals surface area contributed by atoms with Gasteiger partial charge < -0.3 is 5.32 Å². The fourth-order valence-electron chi connectivity index (χ4n) is 2.51. The number of hydrogen-bond acceptors (Lipinski definition) is 3. The third kappa shape index (κ3) is 2.11. The number of rotatable bonds is 1. The summed E-state index contributed by atoms with van der Waals surface area (Å²) in [6.45, 7) is 5.76. The van der Waals surface area contributed by atoms with Gasteiger partial charge in [-0.1, -0.05) is 24.3 Å². The zero-order chi connectivity index (χ0) is 14.0. The SMILES string of the molecule is CC1=C(C#N)C(c2ccccc2C)C(C#N)=C(C)N1. The molecule has 1 aliphatic heterocycles. The van der Waals surface area contributed by atoms with E-state index in [1.54, 1.807) is 0 Å². The van der Waals surface area contributed by atoms with Gasteiger partial charge >= 0.3 is 0 Å². The molecule has 0 spiro atoms. The van der Waals surface area contributed by atoms with E-state index in [-0.39, 0.29) is 5.92 Å². The van der Waals surface area contributed by atoms with Gasteiger partial charge in [0.2, 0.25) is 0 Å². The fourth-order valence-corrected chi connectivity index (χ4v) is 2.51. The Morgan fingerprint density at radius 3 is 1.95 bits per heavy atom. The molecule has 94 valence electrons. The summed E-state index contributed by atoms with van der Waals surface area (Å²) in [7, 11) is 0. The molecule has 3 heteroatoms. The summed E-state index contributed by atoms with van der Waals surface area (Å²) in [5, 5.41) is 21.9. The van der Waals surface area contributed by atoms with Crippen LogP contribution in [0.1, 0.15) is 30.9 Å². The van der Waals surface area contributed by atoms with Crippen molar-refractivity contribution in [2.75, 3.05) is 0 Å². The highest BCUT2D eigenvalue weighted by Crippen LogP contribution is 2.38. The normalized spacial score (nSPS) is 15.8. The number of benzene rings is 1. The Balaban J connectivity index is 2.69. The summed E-state index contributed by atoms with van der Waals surface area (Å²) >= 11 is 0. The molecule has 1 aliphatic rings. The number of nitrogens with zero attached hydrogens (tertiary/aromatic N) is 2. The quantitative estimate of drug-likeness (QED) is 0.830. The van der Waals surface area contributed by atoms with Crippen LogP contribution in [0.4, 0.5) is 0 Å². The lowest BCUT2D eigenvalue weighted by atomic mass is 9.80. The van der Waals surface area contributed by atoms with Crippen LogP contribution in [0.2, 0.25) is 0 Å². The van der Waals surface area contributed by atoms with E-state index in [1.165, 1.54) is 0 Å². The van der Waals surface area contributed by atoms with E-state index in [4.69, 9.17) is 0 Å². The molecular weight excluding hydrogens is 234 g/mol. The summed E-state index contributed by atoms with van der Waals surface area (Å²) in [5.74, 6) is -0.252. The second-order valence-electron chi connectivity index (χ2n) is 4.72. The minimum absolute atomic E-state index is 0.252. The van der Waals surface area contributed by atoms with E-state index >= 15 is 0 Å². The van der Waals surface area contributed by atoms with Gasteiger partial charge in [-0.2, -0.15) is 10.5 Å². The Morgan fingerprint density at radius 2 is 1.47 bits per heavy atom. The number of dihydropyridines is 1. The highest BCUT2D eigenvalue weighted by Gasteiger charge is 2.29. The summed E-state index contributed by atoms with van der Waals surface area (Å²) in [6, 6.07) is 12.4. The average Bonchev–Trinajstić information content (AvgIpc) is 2.38. The van der Waals surface area contributed by atoms with E-state index in [9.17, 15) is 10.5 Å². The van der Waals surface area contributed by atoms with Crippen LogP contribution in [0.25, 0.3) is 0 Å². The first kappa shape index (κ1) is 12.9. The van der Waals surface area contributed by atoms with Crippen molar-refractivity contribution in [2.24, 2.45) is 0 Å². The summed E-state index contributed by atoms with van der Waals surface area (Å²) < 4.78 is 0. The predicted octanol–water partition coefficient (Wildman–Crippen LogP) is 3.28. The van der Waals surface area contributed by atoms with Gasteiger partial charge in [-0.15, -0.1) is 0 Å². The molecule has 2 rings (SSSR count). The second kappa shape index (κ2) is 5.00. The van der Waals surface area contributed by atoms with Gasteiger partial charge in [-0.3, -0.25) is 0 Å². The molecule has 0 saturated carbocycles. The second-order valence-corrected chi connectivity index (χ2v) is 4.72. The minimum Gasteiger partial charge on any atom is -0.361 e. The van der Waals surface area contributed by atoms with Gasteiger partial charge in [0.1, 0.15) is 0 Å². The largest absolute Gasteiger partial charge is 0.361 e. The smallest absolute Gasteiger partial charge is 0.0975 e. The molecule has 0 atom stereocenters. The lowest BCUT2D eigenvalue weighted by Gasteiger charge is -2.27. The summed E-state index contributed by atoms with van der Waals surface area (Å²) in [5.41, 5.74) is 5.01. The van der Waals surface area contributed by atoms with Crippen LogP contribution >= 0.6 is 0 Å². The molecule has 0 unspecified atom stereocenters. The molecule has 3 nitrogen and oxygen atoms in total. The third-order valence-corrected chi connectivity index (χ3v) is 3.50. The Bertz CT molecular complexity index is 630. The average molecular weight is 249 g/mol. The van der Waals surface area contributed by atoms with E-state index in [1.807, 2.05) is 45.0 Å².